The summed E-state index contributed by atoms with van der Waals surface area (Å²) < 4.78 is 40.0. The normalized spacial score (nSPS) is 18.2. The van der Waals surface area contributed by atoms with E-state index in [0.29, 0.717) is 21.9 Å². The number of hydrogen-bond donors (Lipinski definition) is 1. The lowest BCUT2D eigenvalue weighted by molar-refractivity contribution is -0.191. The average Bonchev–Trinajstić information content (AvgIpc) is 3.06. The minimum absolute atomic E-state index is 0.0218. The molecule has 4 aromatic carbocycles. The molecule has 47 heavy (non-hydrogen) atoms. The van der Waals surface area contributed by atoms with Crippen LogP contribution in [0.15, 0.2) is 132 Å². The molecule has 0 bridgehead atoms. The fourth-order valence-corrected chi connectivity index (χ4v) is 8.81. The van der Waals surface area contributed by atoms with Crippen molar-refractivity contribution in [2.45, 2.75) is 48.9 Å². The Morgan fingerprint density at radius 3 is 1.85 bits per heavy atom. The van der Waals surface area contributed by atoms with Crippen molar-refractivity contribution in [3.63, 3.8) is 0 Å². The van der Waals surface area contributed by atoms with Gasteiger partial charge in [0.25, 0.3) is 11.6 Å². The zero-order valence-electron chi connectivity index (χ0n) is 26.0. The van der Waals surface area contributed by atoms with E-state index in [9.17, 15) is 22.8 Å². The number of esters is 1. The van der Waals surface area contributed by atoms with E-state index in [1.807, 2.05) is 67.6 Å². The molecular weight excluding hydrogens is 637 g/mol. The van der Waals surface area contributed by atoms with Crippen molar-refractivity contribution < 1.29 is 32.3 Å². The molecule has 0 aliphatic carbocycles. The molecule has 11 heteroatoms. The Morgan fingerprint density at radius 2 is 1.36 bits per heavy atom. The van der Waals surface area contributed by atoms with Gasteiger partial charge in [-0.3, -0.25) is 9.59 Å². The molecule has 1 aliphatic rings. The summed E-state index contributed by atoms with van der Waals surface area (Å²) in [6, 6.07) is 31.2. The van der Waals surface area contributed by atoms with Crippen LogP contribution in [0.1, 0.15) is 36.6 Å². The van der Waals surface area contributed by atoms with Crippen molar-refractivity contribution in [1.29, 1.82) is 0 Å². The number of likely N-dealkylation sites (tertiary alicyclic amines) is 1. The summed E-state index contributed by atoms with van der Waals surface area (Å²) >= 11 is 0. The summed E-state index contributed by atoms with van der Waals surface area (Å²) in [6.07, 6.45) is -0.841. The fraction of sp³-hybridized carbons (Fsp3) is 0.194. The van der Waals surface area contributed by atoms with Crippen LogP contribution >= 0.6 is 10.8 Å². The fourth-order valence-electron chi connectivity index (χ4n) is 5.27. The number of nitrogens with zero attached hydrogens (tertiary/aromatic N) is 1. The van der Waals surface area contributed by atoms with Crippen molar-refractivity contribution in [3.05, 3.63) is 144 Å². The maximum atomic E-state index is 14.3. The maximum Gasteiger partial charge on any atom is 0.334 e. The minimum atomic E-state index is -4.18. The molecule has 1 N–H and O–H groups in total. The number of nitrogens with one attached hydrogen (secondary N) is 1. The van der Waals surface area contributed by atoms with Crippen LogP contribution in [0, 0.1) is 6.92 Å². The number of carbonyl (C=O) groups is 3. The van der Waals surface area contributed by atoms with Crippen molar-refractivity contribution in [1.82, 2.24) is 10.2 Å². The summed E-state index contributed by atoms with van der Waals surface area (Å²) in [4.78, 5) is 42.1. The highest BCUT2D eigenvalue weighted by Crippen LogP contribution is 2.47. The van der Waals surface area contributed by atoms with Crippen LogP contribution in [-0.4, -0.2) is 48.2 Å². The second-order valence-electron chi connectivity index (χ2n) is 11.1. The lowest BCUT2D eigenvalue weighted by Gasteiger charge is -2.55. The van der Waals surface area contributed by atoms with Gasteiger partial charge in [0.15, 0.2) is 17.5 Å². The first kappa shape index (κ1) is 33.5. The number of para-hydroxylation sites is 1. The van der Waals surface area contributed by atoms with Crippen molar-refractivity contribution in [2.24, 2.45) is 0 Å². The van der Waals surface area contributed by atoms with Crippen molar-refractivity contribution in [2.75, 3.05) is 0 Å². The third-order valence-corrected chi connectivity index (χ3v) is 11.2. The van der Waals surface area contributed by atoms with Gasteiger partial charge in [-0.15, -0.1) is 0 Å². The van der Waals surface area contributed by atoms with Gasteiger partial charge < -0.3 is 19.7 Å². The number of ether oxygens (including phenoxy) is 2. The van der Waals surface area contributed by atoms with Gasteiger partial charge in [0.1, 0.15) is 5.75 Å². The molecule has 0 spiro atoms. The first-order valence-electron chi connectivity index (χ1n) is 14.7. The van der Waals surface area contributed by atoms with Gasteiger partial charge in [-0.05, 0) is 54.8 Å². The third kappa shape index (κ3) is 7.11. The Morgan fingerprint density at radius 1 is 0.851 bits per heavy atom. The number of β-lactam (4-membered cyclic amide) rings is 1. The van der Waals surface area contributed by atoms with Gasteiger partial charge in [-0.2, -0.15) is 0 Å². The van der Waals surface area contributed by atoms with E-state index in [2.05, 4.69) is 11.9 Å². The Kier molecular flexibility index (Phi) is 9.88. The van der Waals surface area contributed by atoms with E-state index >= 15 is 0 Å². The average molecular weight is 671 g/mol. The van der Waals surface area contributed by atoms with E-state index in [1.165, 1.54) is 19.1 Å². The lowest BCUT2D eigenvalue weighted by atomic mass is 9.95. The summed E-state index contributed by atoms with van der Waals surface area (Å²) in [5.74, 6) is -2.11. The second-order valence-corrected chi connectivity index (χ2v) is 15.1. The van der Waals surface area contributed by atoms with Gasteiger partial charge in [0.05, 0.1) is 4.90 Å². The summed E-state index contributed by atoms with van der Waals surface area (Å²) in [5, 5.41) is 1.12. The lowest BCUT2D eigenvalue weighted by Crippen LogP contribution is -2.84. The molecule has 0 aromatic heterocycles. The van der Waals surface area contributed by atoms with Crippen LogP contribution in [0.2, 0.25) is 0 Å². The molecule has 9 nitrogen and oxygen atoms in total. The van der Waals surface area contributed by atoms with E-state index in [4.69, 9.17) is 9.47 Å². The van der Waals surface area contributed by atoms with E-state index in [0.717, 1.165) is 10.5 Å². The first-order chi connectivity index (χ1) is 22.4. The largest absolute Gasteiger partial charge is 0.455 e. The van der Waals surface area contributed by atoms with E-state index in [-0.39, 0.29) is 16.2 Å². The Hall–Kier alpha value is -4.87. The standard InChI is InChI=1S/C36H34N2O7S2/c1-24(2)31(33(40)44-32(27-14-8-5-9-15-27)28-16-10-6-11-17-28)38-34(41)36(37-26(4)39,45-29-18-12-7-13-19-29)35(38)46-47(42,43)30-22-20-25(3)21-23-30/h5-23,31-32,35H,1H2,2-4H3,(H,37,39). The van der Waals surface area contributed by atoms with Crippen LogP contribution < -0.4 is 10.1 Å². The van der Waals surface area contributed by atoms with Crippen LogP contribution in [0.4, 0.5) is 0 Å². The van der Waals surface area contributed by atoms with Crippen molar-refractivity contribution in [3.8, 4) is 5.75 Å². The zero-order valence-corrected chi connectivity index (χ0v) is 27.7. The Balaban J connectivity index is 1.58. The number of carbonyl (C=O) groups excluding carboxylic acids is 3. The Labute approximate surface area is 277 Å². The molecule has 0 saturated carbocycles. The molecule has 1 saturated heterocycles. The van der Waals surface area contributed by atoms with Gasteiger partial charge in [0, 0.05) is 17.7 Å². The molecule has 1 aliphatic heterocycles. The monoisotopic (exact) mass is 670 g/mol. The molecule has 1 heterocycles. The second kappa shape index (κ2) is 13.9. The molecular formula is C36H34N2O7S2. The summed E-state index contributed by atoms with van der Waals surface area (Å²) in [6.45, 7) is 8.54. The summed E-state index contributed by atoms with van der Waals surface area (Å²) in [7, 11) is -3.79. The smallest absolute Gasteiger partial charge is 0.334 e. The predicted octanol–water partition coefficient (Wildman–Crippen LogP) is 5.77. The van der Waals surface area contributed by atoms with Crippen LogP contribution in [-0.2, 0) is 28.0 Å². The molecule has 0 radical (unpaired) electrons. The van der Waals surface area contributed by atoms with E-state index in [1.54, 1.807) is 49.4 Å². The predicted molar refractivity (Wildman–Crippen MR) is 180 cm³/mol. The van der Waals surface area contributed by atoms with Crippen molar-refractivity contribution >= 4 is 37.4 Å². The zero-order chi connectivity index (χ0) is 33.8. The number of rotatable bonds is 12. The van der Waals surface area contributed by atoms with Crippen LogP contribution in [0.5, 0.6) is 5.75 Å². The molecule has 5 rings (SSSR count). The molecule has 2 amide bonds. The quantitative estimate of drug-likeness (QED) is 0.0663. The highest BCUT2D eigenvalue weighted by atomic mass is 33.1. The maximum absolute atomic E-state index is 14.3. The van der Waals surface area contributed by atoms with Gasteiger partial charge in [0.2, 0.25) is 14.8 Å². The van der Waals surface area contributed by atoms with E-state index < -0.39 is 49.9 Å². The Bertz CT molecular complexity index is 1830. The summed E-state index contributed by atoms with van der Waals surface area (Å²) in [5.41, 5.74) is 0.274. The molecule has 242 valence electrons. The highest BCUT2D eigenvalue weighted by molar-refractivity contribution is 8.72. The van der Waals surface area contributed by atoms with Crippen LogP contribution in [0.25, 0.3) is 0 Å². The molecule has 3 unspecified atom stereocenters. The van der Waals surface area contributed by atoms with Crippen LogP contribution in [0.3, 0.4) is 0 Å². The first-order valence-corrected chi connectivity index (χ1v) is 17.6. The number of hydrogen-bond acceptors (Lipinski definition) is 8. The van der Waals surface area contributed by atoms with Gasteiger partial charge >= 0.3 is 5.97 Å². The number of amides is 2. The number of aryl methyl sites for hydroxylation is 1. The minimum Gasteiger partial charge on any atom is -0.455 e. The SMILES string of the molecule is C=C(C)C(C(=O)OC(c1ccccc1)c1ccccc1)N1C(=O)C(NC(C)=O)(Oc2ccccc2)C1SS(=O)(=O)c1ccc(C)cc1. The van der Waals surface area contributed by atoms with Gasteiger partial charge in [-0.25, -0.2) is 13.2 Å². The third-order valence-electron chi connectivity index (χ3n) is 7.47. The molecule has 3 atom stereocenters. The highest BCUT2D eigenvalue weighted by Gasteiger charge is 2.69. The van der Waals surface area contributed by atoms with Gasteiger partial charge in [-0.1, -0.05) is 103 Å². The number of benzene rings is 4. The molecule has 1 fully saturated rings. The topological polar surface area (TPSA) is 119 Å². The molecule has 4 aromatic rings.